The van der Waals surface area contributed by atoms with Crippen molar-refractivity contribution in [2.24, 2.45) is 0 Å². The molecule has 1 aliphatic rings. The fourth-order valence-corrected chi connectivity index (χ4v) is 6.18. The molecular formula is C35H41NO10S. The molecule has 0 aliphatic carbocycles. The minimum atomic E-state index is -3.96. The number of carboxylic acid groups (broad SMARTS) is 2. The number of sulfone groups is 1. The molecule has 0 radical (unpaired) electrons. The van der Waals surface area contributed by atoms with Crippen LogP contribution in [0.4, 0.5) is 0 Å². The van der Waals surface area contributed by atoms with E-state index in [0.29, 0.717) is 21.9 Å². The summed E-state index contributed by atoms with van der Waals surface area (Å²) >= 11 is 0. The molecule has 4 rings (SSSR count). The summed E-state index contributed by atoms with van der Waals surface area (Å²) in [5.41, 5.74) is -6.10. The predicted molar refractivity (Wildman–Crippen MR) is 174 cm³/mol. The van der Waals surface area contributed by atoms with E-state index >= 15 is 0 Å². The number of piperidine rings is 1. The van der Waals surface area contributed by atoms with Gasteiger partial charge in [-0.15, -0.1) is 0 Å². The van der Waals surface area contributed by atoms with Gasteiger partial charge in [0.05, 0.1) is 4.90 Å². The number of aryl methyl sites for hydroxylation is 2. The van der Waals surface area contributed by atoms with Crippen LogP contribution in [0.5, 0.6) is 0 Å². The number of hydrogen-bond donors (Lipinski definition) is 4. The fourth-order valence-electron chi connectivity index (χ4n) is 5.51. The molecule has 47 heavy (non-hydrogen) atoms. The van der Waals surface area contributed by atoms with E-state index in [-0.39, 0.29) is 11.1 Å². The van der Waals surface area contributed by atoms with Crippen molar-refractivity contribution < 1.29 is 48.0 Å². The highest BCUT2D eigenvalue weighted by Gasteiger charge is 2.69. The van der Waals surface area contributed by atoms with Crippen molar-refractivity contribution >= 4 is 33.3 Å². The molecular weight excluding hydrogens is 626 g/mol. The van der Waals surface area contributed by atoms with Crippen LogP contribution in [0.2, 0.25) is 0 Å². The number of carbonyl (C=O) groups is 4. The summed E-state index contributed by atoms with van der Waals surface area (Å²) in [6.07, 6.45) is 4.81. The maximum Gasteiger partial charge on any atom is 0.348 e. The third kappa shape index (κ3) is 8.20. The molecule has 11 nitrogen and oxygen atoms in total. The molecule has 3 aromatic carbocycles. The highest BCUT2D eigenvalue weighted by Crippen LogP contribution is 2.32. The van der Waals surface area contributed by atoms with Crippen molar-refractivity contribution in [3.8, 4) is 0 Å². The Labute approximate surface area is 274 Å². The second-order valence-corrected chi connectivity index (χ2v) is 13.9. The summed E-state index contributed by atoms with van der Waals surface area (Å²) in [4.78, 5) is 52.0. The molecule has 1 aliphatic heterocycles. The molecule has 3 aromatic rings. The number of Topliss-reactive ketones (excluding diaryl/α,β-unsaturated/α-hetero) is 2. The Morgan fingerprint density at radius 2 is 1.28 bits per heavy atom. The van der Waals surface area contributed by atoms with Crippen molar-refractivity contribution in [3.05, 3.63) is 101 Å². The summed E-state index contributed by atoms with van der Waals surface area (Å²) in [6, 6.07) is 17.8. The number of hydrogen-bond acceptors (Lipinski definition) is 9. The maximum atomic E-state index is 12.8. The summed E-state index contributed by atoms with van der Waals surface area (Å²) < 4.78 is 23.2. The first kappa shape index (κ1) is 37.2. The van der Waals surface area contributed by atoms with Crippen LogP contribution in [0.25, 0.3) is 0 Å². The van der Waals surface area contributed by atoms with Crippen LogP contribution < -0.4 is 0 Å². The van der Waals surface area contributed by atoms with Crippen molar-refractivity contribution in [1.29, 1.82) is 0 Å². The number of carbonyl (C=O) groups excluding carboxylic acids is 2. The van der Waals surface area contributed by atoms with Crippen LogP contribution in [0, 0.1) is 13.8 Å². The van der Waals surface area contributed by atoms with E-state index in [1.54, 1.807) is 19.9 Å². The van der Waals surface area contributed by atoms with Gasteiger partial charge in [-0.3, -0.25) is 9.59 Å². The predicted octanol–water partition coefficient (Wildman–Crippen LogP) is 3.68. The van der Waals surface area contributed by atoms with Gasteiger partial charge in [0.1, 0.15) is 0 Å². The molecule has 0 spiro atoms. The lowest BCUT2D eigenvalue weighted by atomic mass is 9.73. The fraction of sp³-hybridized carbons (Fsp3) is 0.371. The Morgan fingerprint density at radius 3 is 1.68 bits per heavy atom. The molecule has 0 bridgehead atoms. The Kier molecular flexibility index (Phi) is 12.0. The van der Waals surface area contributed by atoms with E-state index in [1.807, 2.05) is 12.1 Å². The normalized spacial score (nSPS) is 17.7. The third-order valence-corrected chi connectivity index (χ3v) is 9.34. The second kappa shape index (κ2) is 15.1. The molecule has 0 saturated carbocycles. The Morgan fingerprint density at radius 1 is 0.809 bits per heavy atom. The Balaban J connectivity index is 0.000000274. The number of aliphatic hydroxyl groups is 2. The van der Waals surface area contributed by atoms with Gasteiger partial charge in [-0.05, 0) is 69.8 Å². The van der Waals surface area contributed by atoms with Gasteiger partial charge in [0, 0.05) is 23.9 Å². The van der Waals surface area contributed by atoms with Gasteiger partial charge in [0.25, 0.3) is 11.2 Å². The van der Waals surface area contributed by atoms with E-state index in [2.05, 4.69) is 17.9 Å². The van der Waals surface area contributed by atoms with Gasteiger partial charge < -0.3 is 25.3 Å². The summed E-state index contributed by atoms with van der Waals surface area (Å²) in [5.74, 6) is -7.54. The molecule has 12 heteroatoms. The molecule has 1 fully saturated rings. The summed E-state index contributed by atoms with van der Waals surface area (Å²) in [7, 11) is -3.10. The van der Waals surface area contributed by atoms with Crippen LogP contribution in [0.3, 0.4) is 0 Å². The number of carboxylic acids is 2. The first-order valence-corrected chi connectivity index (χ1v) is 17.0. The highest BCUT2D eigenvalue weighted by molar-refractivity contribution is 7.90. The number of aliphatic carboxylic acids is 2. The molecule has 1 heterocycles. The number of nitrogens with zero attached hydrogens (tertiary/aromatic N) is 1. The average molecular weight is 668 g/mol. The standard InChI is InChI=1S/C20H18O8.C15H23NO2S/c1-11-3-7-13(8-4-11)15(21)19(27,17(23)24)20(28,18(25)26)16(22)14-9-5-12(2)6-10-14;1-3-9-16-10-5-7-14(12-16)13-6-4-8-15(11-13)19(2,17)18/h3-10,27-28H,1-2H3,(H,23,24)(H,25,26);4,6,8,11,14H,3,5,7,9-10,12H2,1-2H3/t;14-/m.1/s1. The molecule has 1 saturated heterocycles. The van der Waals surface area contributed by atoms with Gasteiger partial charge >= 0.3 is 11.9 Å². The minimum absolute atomic E-state index is 0.383. The number of benzene rings is 3. The Hall–Kier alpha value is -4.23. The smallest absolute Gasteiger partial charge is 0.348 e. The van der Waals surface area contributed by atoms with Crippen molar-refractivity contribution in [2.45, 2.75) is 62.0 Å². The zero-order chi connectivity index (χ0) is 35.2. The quantitative estimate of drug-likeness (QED) is 0.173. The van der Waals surface area contributed by atoms with E-state index < -0.39 is 44.5 Å². The van der Waals surface area contributed by atoms with Gasteiger partial charge in [-0.2, -0.15) is 0 Å². The molecule has 3 atom stereocenters. The second-order valence-electron chi connectivity index (χ2n) is 11.9. The Bertz CT molecular complexity index is 1640. The monoisotopic (exact) mass is 667 g/mol. The highest BCUT2D eigenvalue weighted by atomic mass is 32.2. The van der Waals surface area contributed by atoms with Crippen molar-refractivity contribution in [2.75, 3.05) is 25.9 Å². The van der Waals surface area contributed by atoms with Crippen LogP contribution >= 0.6 is 0 Å². The zero-order valence-electron chi connectivity index (χ0n) is 26.8. The topological polar surface area (TPSA) is 187 Å². The van der Waals surface area contributed by atoms with Gasteiger partial charge in [-0.25, -0.2) is 18.0 Å². The summed E-state index contributed by atoms with van der Waals surface area (Å²) in [5, 5.41) is 40.3. The first-order chi connectivity index (χ1) is 22.0. The molecule has 4 N–H and O–H groups in total. The van der Waals surface area contributed by atoms with Crippen molar-refractivity contribution in [3.63, 3.8) is 0 Å². The van der Waals surface area contributed by atoms with E-state index in [4.69, 9.17) is 0 Å². The van der Waals surface area contributed by atoms with Crippen LogP contribution in [0.15, 0.2) is 77.7 Å². The van der Waals surface area contributed by atoms with Crippen LogP contribution in [0.1, 0.15) is 69.5 Å². The SMILES string of the molecule is CCCN1CCC[C@@H](c2cccc(S(C)(=O)=O)c2)C1.Cc1ccc(C(=O)C(O)(C(=O)O)C(O)(C(=O)O)C(=O)c2ccc(C)cc2)cc1. The summed E-state index contributed by atoms with van der Waals surface area (Å²) in [6.45, 7) is 8.95. The molecule has 0 aromatic heterocycles. The average Bonchev–Trinajstić information content (AvgIpc) is 3.04. The first-order valence-electron chi connectivity index (χ1n) is 15.1. The largest absolute Gasteiger partial charge is 0.479 e. The number of likely N-dealkylation sites (tertiary alicyclic amines) is 1. The third-order valence-electron chi connectivity index (χ3n) is 8.23. The van der Waals surface area contributed by atoms with Gasteiger partial charge in [-0.1, -0.05) is 78.7 Å². The number of rotatable bonds is 11. The molecule has 2 unspecified atom stereocenters. The minimum Gasteiger partial charge on any atom is -0.479 e. The van der Waals surface area contributed by atoms with E-state index in [0.717, 1.165) is 43.8 Å². The van der Waals surface area contributed by atoms with Crippen LogP contribution in [-0.4, -0.2) is 94.3 Å². The zero-order valence-corrected chi connectivity index (χ0v) is 27.7. The van der Waals surface area contributed by atoms with E-state index in [9.17, 15) is 48.0 Å². The van der Waals surface area contributed by atoms with Crippen molar-refractivity contribution in [1.82, 2.24) is 4.90 Å². The number of ketones is 2. The molecule has 252 valence electrons. The van der Waals surface area contributed by atoms with Crippen LogP contribution in [-0.2, 0) is 19.4 Å². The van der Waals surface area contributed by atoms with Gasteiger partial charge in [0.2, 0.25) is 11.6 Å². The van der Waals surface area contributed by atoms with E-state index in [1.165, 1.54) is 55.5 Å². The lowest BCUT2D eigenvalue weighted by Gasteiger charge is -2.34. The maximum absolute atomic E-state index is 12.8. The lowest BCUT2D eigenvalue weighted by molar-refractivity contribution is -0.187. The van der Waals surface area contributed by atoms with Gasteiger partial charge in [0.15, 0.2) is 9.84 Å². The lowest BCUT2D eigenvalue weighted by Crippen LogP contribution is -2.71. The molecule has 0 amide bonds.